The van der Waals surface area contributed by atoms with Crippen LogP contribution < -0.4 is 0 Å². The molecule has 2 heteroatoms. The van der Waals surface area contributed by atoms with Gasteiger partial charge in [0.25, 0.3) is 0 Å². The number of aromatic amines is 1. The van der Waals surface area contributed by atoms with Gasteiger partial charge in [-0.05, 0) is 11.8 Å². The fourth-order valence-corrected chi connectivity index (χ4v) is 3.05. The van der Waals surface area contributed by atoms with E-state index in [1.807, 2.05) is 17.8 Å². The molecule has 0 bridgehead atoms. The molecular weight excluding hydrogens is 226 g/mol. The molecule has 0 amide bonds. The topological polar surface area (TPSA) is 15.8 Å². The molecule has 0 atom stereocenters. The summed E-state index contributed by atoms with van der Waals surface area (Å²) in [5, 5.41) is 1.32. The van der Waals surface area contributed by atoms with Gasteiger partial charge < -0.3 is 4.98 Å². The lowest BCUT2D eigenvalue weighted by Gasteiger charge is -2.20. The second-order valence-electron chi connectivity index (χ2n) is 4.73. The quantitative estimate of drug-likeness (QED) is 0.607. The Balaban J connectivity index is 2.69. The number of rotatable bonds is 4. The van der Waals surface area contributed by atoms with Crippen LogP contribution in [0.25, 0.3) is 10.9 Å². The van der Waals surface area contributed by atoms with Crippen LogP contribution in [0.4, 0.5) is 0 Å². The Morgan fingerprint density at radius 2 is 2.06 bits per heavy atom. The summed E-state index contributed by atoms with van der Waals surface area (Å²) in [5.74, 6) is 1.09. The van der Waals surface area contributed by atoms with E-state index in [0.717, 1.165) is 5.75 Å². The van der Waals surface area contributed by atoms with Crippen molar-refractivity contribution in [1.82, 2.24) is 4.98 Å². The van der Waals surface area contributed by atoms with Gasteiger partial charge in [0, 0.05) is 26.9 Å². The zero-order valence-corrected chi connectivity index (χ0v) is 11.5. The summed E-state index contributed by atoms with van der Waals surface area (Å²) >= 11 is 1.90. The third-order valence-corrected chi connectivity index (χ3v) is 4.10. The number of aromatic nitrogens is 1. The number of allylic oxidation sites excluding steroid dienone is 1. The van der Waals surface area contributed by atoms with Crippen LogP contribution in [0, 0.1) is 0 Å². The zero-order valence-electron chi connectivity index (χ0n) is 10.7. The van der Waals surface area contributed by atoms with Crippen molar-refractivity contribution in [3.05, 3.63) is 42.6 Å². The van der Waals surface area contributed by atoms with E-state index < -0.39 is 0 Å². The van der Waals surface area contributed by atoms with Crippen molar-refractivity contribution in [2.75, 3.05) is 5.75 Å². The molecule has 1 heterocycles. The normalized spacial score (nSPS) is 11.9. The standard InChI is InChI=1S/C15H19NS/c1-5-15(3,4)14-13(17-6-2)11-9-7-8-10-12(11)16-14/h5,7-10,16H,1,6H2,2-4H3. The number of hydrogen-bond acceptors (Lipinski definition) is 1. The van der Waals surface area contributed by atoms with E-state index in [1.165, 1.54) is 21.5 Å². The van der Waals surface area contributed by atoms with Crippen LogP contribution >= 0.6 is 11.8 Å². The van der Waals surface area contributed by atoms with Gasteiger partial charge in [0.1, 0.15) is 0 Å². The second kappa shape index (κ2) is 4.61. The molecular formula is C15H19NS. The highest BCUT2D eigenvalue weighted by Gasteiger charge is 2.23. The molecule has 1 aromatic carbocycles. The summed E-state index contributed by atoms with van der Waals surface area (Å²) in [5.41, 5.74) is 2.48. The first-order valence-corrected chi connectivity index (χ1v) is 6.96. The first-order valence-electron chi connectivity index (χ1n) is 5.97. The van der Waals surface area contributed by atoms with Gasteiger partial charge in [0.2, 0.25) is 0 Å². The van der Waals surface area contributed by atoms with Crippen molar-refractivity contribution in [3.63, 3.8) is 0 Å². The summed E-state index contributed by atoms with van der Waals surface area (Å²) in [7, 11) is 0. The minimum atomic E-state index is -0.0173. The molecule has 1 N–H and O–H groups in total. The van der Waals surface area contributed by atoms with Crippen molar-refractivity contribution in [1.29, 1.82) is 0 Å². The van der Waals surface area contributed by atoms with E-state index >= 15 is 0 Å². The molecule has 1 nitrogen and oxygen atoms in total. The van der Waals surface area contributed by atoms with Crippen molar-refractivity contribution in [2.45, 2.75) is 31.1 Å². The van der Waals surface area contributed by atoms with Gasteiger partial charge in [-0.15, -0.1) is 18.3 Å². The molecule has 0 aliphatic carbocycles. The van der Waals surface area contributed by atoms with E-state index in [1.54, 1.807) is 0 Å². The minimum Gasteiger partial charge on any atom is -0.357 e. The summed E-state index contributed by atoms with van der Waals surface area (Å²) < 4.78 is 0. The molecule has 0 radical (unpaired) electrons. The molecule has 0 aliphatic heterocycles. The molecule has 1 aromatic heterocycles. The first kappa shape index (κ1) is 12.3. The monoisotopic (exact) mass is 245 g/mol. The highest BCUT2D eigenvalue weighted by atomic mass is 32.2. The number of H-pyrrole nitrogens is 1. The average molecular weight is 245 g/mol. The van der Waals surface area contributed by atoms with Crippen LogP contribution in [0.2, 0.25) is 0 Å². The third kappa shape index (κ3) is 2.14. The molecule has 0 unspecified atom stereocenters. The van der Waals surface area contributed by atoms with Crippen LogP contribution in [0.15, 0.2) is 41.8 Å². The second-order valence-corrected chi connectivity index (χ2v) is 6.01. The fraction of sp³-hybridized carbons (Fsp3) is 0.333. The number of para-hydroxylation sites is 1. The van der Waals surface area contributed by atoms with Crippen LogP contribution in [0.3, 0.4) is 0 Å². The summed E-state index contributed by atoms with van der Waals surface area (Å²) in [6.07, 6.45) is 2.01. The SMILES string of the molecule is C=CC(C)(C)c1[nH]c2ccccc2c1SCC. The van der Waals surface area contributed by atoms with E-state index in [9.17, 15) is 0 Å². The Bertz CT molecular complexity index is 537. The maximum Gasteiger partial charge on any atom is 0.0467 e. The molecule has 0 saturated carbocycles. The van der Waals surface area contributed by atoms with Gasteiger partial charge in [-0.1, -0.05) is 45.0 Å². The lowest BCUT2D eigenvalue weighted by Crippen LogP contribution is -2.14. The van der Waals surface area contributed by atoms with Gasteiger partial charge >= 0.3 is 0 Å². The van der Waals surface area contributed by atoms with Crippen LogP contribution in [0.1, 0.15) is 26.5 Å². The lowest BCUT2D eigenvalue weighted by molar-refractivity contribution is 0.638. The molecule has 0 saturated heterocycles. The zero-order chi connectivity index (χ0) is 12.5. The van der Waals surface area contributed by atoms with E-state index in [4.69, 9.17) is 0 Å². The lowest BCUT2D eigenvalue weighted by atomic mass is 9.89. The highest BCUT2D eigenvalue weighted by molar-refractivity contribution is 7.99. The summed E-state index contributed by atoms with van der Waals surface area (Å²) in [6.45, 7) is 10.5. The van der Waals surface area contributed by atoms with Gasteiger partial charge in [0.15, 0.2) is 0 Å². The van der Waals surface area contributed by atoms with Crippen molar-refractivity contribution in [3.8, 4) is 0 Å². The van der Waals surface area contributed by atoms with Gasteiger partial charge in [0.05, 0.1) is 0 Å². The van der Waals surface area contributed by atoms with E-state index in [2.05, 4.69) is 56.6 Å². The Morgan fingerprint density at radius 3 is 2.71 bits per heavy atom. The number of benzene rings is 1. The molecule has 2 rings (SSSR count). The number of fused-ring (bicyclic) bond motifs is 1. The predicted molar refractivity (Wildman–Crippen MR) is 77.9 cm³/mol. The number of hydrogen-bond donors (Lipinski definition) is 1. The Labute approximate surface area is 107 Å². The van der Waals surface area contributed by atoms with Gasteiger partial charge in [-0.2, -0.15) is 0 Å². The summed E-state index contributed by atoms with van der Waals surface area (Å²) in [6, 6.07) is 8.49. The summed E-state index contributed by atoms with van der Waals surface area (Å²) in [4.78, 5) is 4.92. The van der Waals surface area contributed by atoms with Crippen LogP contribution in [-0.2, 0) is 5.41 Å². The molecule has 0 fully saturated rings. The maximum absolute atomic E-state index is 3.95. The van der Waals surface area contributed by atoms with Crippen molar-refractivity contribution in [2.24, 2.45) is 0 Å². The molecule has 2 aromatic rings. The third-order valence-electron chi connectivity index (χ3n) is 3.10. The number of thioether (sulfide) groups is 1. The van der Waals surface area contributed by atoms with E-state index in [0.29, 0.717) is 0 Å². The van der Waals surface area contributed by atoms with E-state index in [-0.39, 0.29) is 5.41 Å². The molecule has 90 valence electrons. The highest BCUT2D eigenvalue weighted by Crippen LogP contribution is 2.38. The fourth-order valence-electron chi connectivity index (χ4n) is 1.97. The largest absolute Gasteiger partial charge is 0.357 e. The van der Waals surface area contributed by atoms with Crippen LogP contribution in [-0.4, -0.2) is 10.7 Å². The smallest absolute Gasteiger partial charge is 0.0467 e. The molecule has 17 heavy (non-hydrogen) atoms. The molecule has 0 aliphatic rings. The molecule has 0 spiro atoms. The van der Waals surface area contributed by atoms with Gasteiger partial charge in [-0.3, -0.25) is 0 Å². The van der Waals surface area contributed by atoms with Gasteiger partial charge in [-0.25, -0.2) is 0 Å². The van der Waals surface area contributed by atoms with Crippen LogP contribution in [0.5, 0.6) is 0 Å². The number of nitrogens with one attached hydrogen (secondary N) is 1. The maximum atomic E-state index is 3.95. The van der Waals surface area contributed by atoms with Crippen molar-refractivity contribution < 1.29 is 0 Å². The Hall–Kier alpha value is -1.15. The van der Waals surface area contributed by atoms with Crippen molar-refractivity contribution >= 4 is 22.7 Å². The first-order chi connectivity index (χ1) is 8.10. The Kier molecular flexibility index (Phi) is 3.34. The Morgan fingerprint density at radius 1 is 1.35 bits per heavy atom. The predicted octanol–water partition coefficient (Wildman–Crippen LogP) is 4.74. The minimum absolute atomic E-state index is 0.0173. The average Bonchev–Trinajstić information content (AvgIpc) is 2.70.